The third-order valence-electron chi connectivity index (χ3n) is 4.33. The Labute approximate surface area is 165 Å². The Kier molecular flexibility index (Phi) is 7.28. The number of likely N-dealkylation sites (N-methyl/N-ethyl adjacent to an activating group) is 1. The summed E-state index contributed by atoms with van der Waals surface area (Å²) in [7, 11) is 3.10. The lowest BCUT2D eigenvalue weighted by atomic mass is 10.0. The average molecular weight is 382 g/mol. The van der Waals surface area contributed by atoms with Gasteiger partial charge in [0.25, 0.3) is 0 Å². The Bertz CT molecular complexity index is 852. The molecular weight excluding hydrogens is 356 g/mol. The van der Waals surface area contributed by atoms with Crippen molar-refractivity contribution in [3.05, 3.63) is 65.2 Å². The second kappa shape index (κ2) is 9.66. The van der Waals surface area contributed by atoms with Crippen LogP contribution in [0.25, 0.3) is 0 Å². The molecule has 0 unspecified atom stereocenters. The fourth-order valence-electron chi connectivity index (χ4n) is 2.86. The van der Waals surface area contributed by atoms with Crippen molar-refractivity contribution in [1.82, 2.24) is 15.5 Å². The van der Waals surface area contributed by atoms with Crippen LogP contribution in [0.15, 0.2) is 48.5 Å². The average Bonchev–Trinajstić information content (AvgIpc) is 2.65. The number of hydrogen-bond acceptors (Lipinski definition) is 4. The van der Waals surface area contributed by atoms with Gasteiger partial charge in [-0.3, -0.25) is 19.8 Å². The van der Waals surface area contributed by atoms with E-state index in [4.69, 9.17) is 0 Å². The summed E-state index contributed by atoms with van der Waals surface area (Å²) in [6, 6.07) is 13.5. The van der Waals surface area contributed by atoms with Crippen LogP contribution in [0.4, 0.5) is 10.5 Å². The van der Waals surface area contributed by atoms with Gasteiger partial charge in [-0.25, -0.2) is 4.79 Å². The van der Waals surface area contributed by atoms with Gasteiger partial charge in [0, 0.05) is 12.7 Å². The van der Waals surface area contributed by atoms with E-state index in [-0.39, 0.29) is 12.5 Å². The van der Waals surface area contributed by atoms with Crippen LogP contribution in [0.1, 0.15) is 22.7 Å². The first-order valence-corrected chi connectivity index (χ1v) is 8.96. The predicted molar refractivity (Wildman–Crippen MR) is 109 cm³/mol. The molecule has 0 heterocycles. The summed E-state index contributed by atoms with van der Waals surface area (Å²) in [5.74, 6) is -0.752. The van der Waals surface area contributed by atoms with Crippen LogP contribution in [-0.2, 0) is 9.59 Å². The first-order chi connectivity index (χ1) is 13.3. The number of aryl methyl sites for hydroxylation is 2. The Morgan fingerprint density at radius 2 is 1.71 bits per heavy atom. The van der Waals surface area contributed by atoms with Crippen molar-refractivity contribution >= 4 is 23.5 Å². The summed E-state index contributed by atoms with van der Waals surface area (Å²) < 4.78 is 0. The Morgan fingerprint density at radius 3 is 2.36 bits per heavy atom. The molecule has 7 heteroatoms. The highest BCUT2D eigenvalue weighted by molar-refractivity contribution is 5.98. The maximum Gasteiger partial charge on any atom is 0.321 e. The van der Waals surface area contributed by atoms with Gasteiger partial charge in [0.2, 0.25) is 11.8 Å². The lowest BCUT2D eigenvalue weighted by Gasteiger charge is -2.26. The van der Waals surface area contributed by atoms with Crippen molar-refractivity contribution in [2.75, 3.05) is 26.0 Å². The summed E-state index contributed by atoms with van der Waals surface area (Å²) in [6.45, 7) is 3.85. The molecule has 7 nitrogen and oxygen atoms in total. The topological polar surface area (TPSA) is 90.5 Å². The Morgan fingerprint density at radius 1 is 1.04 bits per heavy atom. The highest BCUT2D eigenvalue weighted by atomic mass is 16.2. The second-order valence-electron chi connectivity index (χ2n) is 6.66. The molecule has 0 saturated heterocycles. The number of benzene rings is 2. The molecule has 0 aliphatic rings. The van der Waals surface area contributed by atoms with E-state index < -0.39 is 18.0 Å². The quantitative estimate of drug-likeness (QED) is 0.715. The van der Waals surface area contributed by atoms with Crippen LogP contribution in [-0.4, -0.2) is 43.4 Å². The van der Waals surface area contributed by atoms with Gasteiger partial charge in [0.15, 0.2) is 0 Å². The number of nitrogens with zero attached hydrogens (tertiary/aromatic N) is 1. The van der Waals surface area contributed by atoms with E-state index in [9.17, 15) is 14.4 Å². The number of hydrogen-bond donors (Lipinski definition) is 3. The van der Waals surface area contributed by atoms with Crippen LogP contribution in [0.2, 0.25) is 0 Å². The van der Waals surface area contributed by atoms with Crippen LogP contribution in [0.3, 0.4) is 0 Å². The first kappa shape index (κ1) is 21.1. The van der Waals surface area contributed by atoms with Crippen LogP contribution in [0.5, 0.6) is 0 Å². The number of anilines is 1. The molecule has 0 aliphatic heterocycles. The zero-order chi connectivity index (χ0) is 20.7. The molecule has 0 spiro atoms. The van der Waals surface area contributed by atoms with E-state index in [1.54, 1.807) is 36.2 Å². The molecule has 1 atom stereocenters. The van der Waals surface area contributed by atoms with Crippen molar-refractivity contribution in [3.8, 4) is 0 Å². The van der Waals surface area contributed by atoms with E-state index in [1.165, 1.54) is 7.05 Å². The molecule has 0 aliphatic carbocycles. The number of urea groups is 1. The fourth-order valence-corrected chi connectivity index (χ4v) is 2.86. The second-order valence-corrected chi connectivity index (χ2v) is 6.66. The largest absolute Gasteiger partial charge is 0.341 e. The fraction of sp³-hybridized carbons (Fsp3) is 0.286. The summed E-state index contributed by atoms with van der Waals surface area (Å²) in [5.41, 5.74) is 3.43. The van der Waals surface area contributed by atoms with Gasteiger partial charge >= 0.3 is 6.03 Å². The van der Waals surface area contributed by atoms with Crippen LogP contribution >= 0.6 is 0 Å². The summed E-state index contributed by atoms with van der Waals surface area (Å²) in [5, 5.41) is 7.53. The number of nitrogens with one attached hydrogen (secondary N) is 3. The molecule has 0 saturated carbocycles. The molecule has 2 rings (SSSR count). The normalized spacial score (nSPS) is 11.6. The highest BCUT2D eigenvalue weighted by Crippen LogP contribution is 2.20. The molecule has 0 fully saturated rings. The molecule has 0 radical (unpaired) electrons. The standard InChI is InChI=1S/C21H26N4O3/c1-14-10-11-15(2)17(12-14)23-18(26)13-25(4)19(16-8-6-5-7-9-16)20(27)24-21(28)22-3/h5-12,19H,13H2,1-4H3,(H,23,26)(H2,22,24,27,28)/t19-/m1/s1. The molecule has 148 valence electrons. The maximum atomic E-state index is 12.6. The van der Waals surface area contributed by atoms with Crippen molar-refractivity contribution < 1.29 is 14.4 Å². The van der Waals surface area contributed by atoms with Crippen molar-refractivity contribution in [2.45, 2.75) is 19.9 Å². The van der Waals surface area contributed by atoms with E-state index in [1.807, 2.05) is 38.1 Å². The third-order valence-corrected chi connectivity index (χ3v) is 4.33. The molecule has 2 aromatic rings. The first-order valence-electron chi connectivity index (χ1n) is 8.96. The maximum absolute atomic E-state index is 12.6. The van der Waals surface area contributed by atoms with Crippen molar-refractivity contribution in [2.24, 2.45) is 0 Å². The molecule has 0 aromatic heterocycles. The number of carbonyl (C=O) groups is 3. The van der Waals surface area contributed by atoms with Gasteiger partial charge < -0.3 is 10.6 Å². The lowest BCUT2D eigenvalue weighted by molar-refractivity contribution is -0.126. The molecule has 28 heavy (non-hydrogen) atoms. The molecule has 4 amide bonds. The van der Waals surface area contributed by atoms with Gasteiger partial charge in [-0.05, 0) is 43.7 Å². The van der Waals surface area contributed by atoms with Crippen molar-refractivity contribution in [3.63, 3.8) is 0 Å². The molecule has 2 aromatic carbocycles. The Balaban J connectivity index is 2.16. The minimum atomic E-state index is -0.789. The SMILES string of the molecule is CNC(=O)NC(=O)[C@@H](c1ccccc1)N(C)CC(=O)Nc1cc(C)ccc1C. The molecule has 3 N–H and O–H groups in total. The monoisotopic (exact) mass is 382 g/mol. The number of amides is 4. The zero-order valence-corrected chi connectivity index (χ0v) is 16.6. The zero-order valence-electron chi connectivity index (χ0n) is 16.6. The molecular formula is C21H26N4O3. The summed E-state index contributed by atoms with van der Waals surface area (Å²) in [6.07, 6.45) is 0. The lowest BCUT2D eigenvalue weighted by Crippen LogP contribution is -2.46. The smallest absolute Gasteiger partial charge is 0.321 e. The predicted octanol–water partition coefficient (Wildman–Crippen LogP) is 2.37. The van der Waals surface area contributed by atoms with Crippen molar-refractivity contribution in [1.29, 1.82) is 0 Å². The van der Waals surface area contributed by atoms with Gasteiger partial charge in [0.05, 0.1) is 6.54 Å². The van der Waals surface area contributed by atoms with Crippen LogP contribution < -0.4 is 16.0 Å². The number of carbonyl (C=O) groups excluding carboxylic acids is 3. The molecule has 0 bridgehead atoms. The minimum Gasteiger partial charge on any atom is -0.341 e. The van der Waals surface area contributed by atoms with E-state index >= 15 is 0 Å². The van der Waals surface area contributed by atoms with Gasteiger partial charge in [0.1, 0.15) is 6.04 Å². The van der Waals surface area contributed by atoms with Gasteiger partial charge in [-0.2, -0.15) is 0 Å². The highest BCUT2D eigenvalue weighted by Gasteiger charge is 2.27. The number of imide groups is 1. The summed E-state index contributed by atoms with van der Waals surface area (Å²) in [4.78, 5) is 38.4. The Hall–Kier alpha value is -3.19. The summed E-state index contributed by atoms with van der Waals surface area (Å²) >= 11 is 0. The van der Waals surface area contributed by atoms with E-state index in [0.29, 0.717) is 5.56 Å². The number of rotatable bonds is 6. The van der Waals surface area contributed by atoms with E-state index in [2.05, 4.69) is 16.0 Å². The van der Waals surface area contributed by atoms with Crippen LogP contribution in [0, 0.1) is 13.8 Å². The van der Waals surface area contributed by atoms with Gasteiger partial charge in [-0.15, -0.1) is 0 Å². The minimum absolute atomic E-state index is 0.0197. The third kappa shape index (κ3) is 5.65. The van der Waals surface area contributed by atoms with Gasteiger partial charge in [-0.1, -0.05) is 42.5 Å². The van der Waals surface area contributed by atoms with E-state index in [0.717, 1.165) is 16.8 Å².